The molecule has 0 aliphatic rings. The Morgan fingerprint density at radius 2 is 2.07 bits per heavy atom. The van der Waals surface area contributed by atoms with Gasteiger partial charge in [0, 0.05) is 17.5 Å². The Hall–Kier alpha value is -0.750. The van der Waals surface area contributed by atoms with Crippen molar-refractivity contribution in [3.05, 3.63) is 21.7 Å². The number of hydrogen-bond donors (Lipinski definition) is 1. The fourth-order valence-electron chi connectivity index (χ4n) is 1.30. The minimum Gasteiger partial charge on any atom is -0.346 e. The lowest BCUT2D eigenvalue weighted by molar-refractivity contribution is 0.599. The number of hydrogen-bond acceptors (Lipinski definition) is 4. The van der Waals surface area contributed by atoms with Crippen molar-refractivity contribution < 1.29 is 8.42 Å². The summed E-state index contributed by atoms with van der Waals surface area (Å²) in [6.45, 7) is 3.87. The Kier molecular flexibility index (Phi) is 3.62. The number of rotatable bonds is 3. The molecular formula is C9H14N2O2S2. The average molecular weight is 246 g/mol. The fourth-order valence-corrected chi connectivity index (χ4v) is 2.17. The molecule has 1 aromatic heterocycles. The highest BCUT2D eigenvalue weighted by Crippen LogP contribution is 2.08. The monoisotopic (exact) mass is 246 g/mol. The molecular weight excluding hydrogens is 232 g/mol. The zero-order valence-electron chi connectivity index (χ0n) is 8.99. The Morgan fingerprint density at radius 3 is 2.53 bits per heavy atom. The second-order valence-electron chi connectivity index (χ2n) is 3.52. The molecule has 0 saturated carbocycles. The number of aryl methyl sites for hydroxylation is 1. The number of nitrogens with zero attached hydrogens (tertiary/aromatic N) is 1. The van der Waals surface area contributed by atoms with Gasteiger partial charge < -0.3 is 4.98 Å². The lowest BCUT2D eigenvalue weighted by atomic mass is 10.2. The van der Waals surface area contributed by atoms with Crippen LogP contribution in [0.25, 0.3) is 0 Å². The molecule has 1 aromatic rings. The molecule has 0 amide bonds. The van der Waals surface area contributed by atoms with Crippen LogP contribution in [0.4, 0.5) is 0 Å². The summed E-state index contributed by atoms with van der Waals surface area (Å²) in [5.41, 5.74) is 1.87. The smallest absolute Gasteiger partial charge is 0.154 e. The molecule has 1 rings (SSSR count). The largest absolute Gasteiger partial charge is 0.346 e. The van der Waals surface area contributed by atoms with Crippen molar-refractivity contribution in [2.24, 2.45) is 0 Å². The van der Waals surface area contributed by atoms with Gasteiger partial charge >= 0.3 is 0 Å². The van der Waals surface area contributed by atoms with Crippen LogP contribution in [0.5, 0.6) is 0 Å². The van der Waals surface area contributed by atoms with Crippen LogP contribution in [0.15, 0.2) is 0 Å². The van der Waals surface area contributed by atoms with Gasteiger partial charge in [0.15, 0.2) is 9.84 Å². The van der Waals surface area contributed by atoms with E-state index in [0.29, 0.717) is 10.5 Å². The molecule has 0 bridgehead atoms. The molecule has 0 aliphatic heterocycles. The normalized spacial score (nSPS) is 11.7. The molecule has 0 unspecified atom stereocenters. The van der Waals surface area contributed by atoms with Gasteiger partial charge in [-0.15, -0.1) is 0 Å². The zero-order chi connectivity index (χ0) is 11.6. The third kappa shape index (κ3) is 3.39. The zero-order valence-corrected chi connectivity index (χ0v) is 10.6. The van der Waals surface area contributed by atoms with Crippen LogP contribution in [-0.4, -0.2) is 24.6 Å². The van der Waals surface area contributed by atoms with Gasteiger partial charge in [0.05, 0.1) is 0 Å². The molecule has 15 heavy (non-hydrogen) atoms. The minimum atomic E-state index is -3.07. The predicted octanol–water partition coefficient (Wildman–Crippen LogP) is 1.55. The lowest BCUT2D eigenvalue weighted by Gasteiger charge is -2.06. The fraction of sp³-hybridized carbons (Fsp3) is 0.556. The third-order valence-electron chi connectivity index (χ3n) is 2.06. The quantitative estimate of drug-likeness (QED) is 0.822. The van der Waals surface area contributed by atoms with Crippen molar-refractivity contribution in [3.63, 3.8) is 0 Å². The Labute approximate surface area is 94.7 Å². The summed E-state index contributed by atoms with van der Waals surface area (Å²) in [5, 5.41) is 0. The summed E-state index contributed by atoms with van der Waals surface area (Å²) in [6, 6.07) is 0. The number of aromatic amines is 1. The molecule has 0 aliphatic carbocycles. The summed E-state index contributed by atoms with van der Waals surface area (Å²) >= 11 is 5.06. The van der Waals surface area contributed by atoms with Crippen molar-refractivity contribution in [3.8, 4) is 0 Å². The van der Waals surface area contributed by atoms with E-state index in [2.05, 4.69) is 9.97 Å². The van der Waals surface area contributed by atoms with Crippen LogP contribution < -0.4 is 0 Å². The Balaban J connectivity index is 3.24. The molecule has 0 aromatic carbocycles. The Morgan fingerprint density at radius 1 is 1.47 bits per heavy atom. The maximum Gasteiger partial charge on any atom is 0.154 e. The van der Waals surface area contributed by atoms with Crippen molar-refractivity contribution in [1.29, 1.82) is 0 Å². The van der Waals surface area contributed by atoms with Crippen molar-refractivity contribution in [2.75, 3.05) is 6.26 Å². The van der Waals surface area contributed by atoms with Crippen molar-refractivity contribution >= 4 is 22.1 Å². The van der Waals surface area contributed by atoms with Gasteiger partial charge in [-0.2, -0.15) is 0 Å². The molecule has 0 radical (unpaired) electrons. The first kappa shape index (κ1) is 12.3. The van der Waals surface area contributed by atoms with Crippen LogP contribution in [-0.2, 0) is 22.0 Å². The first-order chi connectivity index (χ1) is 6.83. The number of aromatic nitrogens is 2. The standard InChI is InChI=1S/C9H14N2O2S2/c1-4-7-6(2)9(14)11-8(10-7)5-15(3,12)13/h4-5H2,1-3H3,(H,10,11,14). The number of nitrogens with one attached hydrogen (secondary N) is 1. The van der Waals surface area contributed by atoms with Gasteiger partial charge in [-0.3, -0.25) is 0 Å². The molecule has 0 fully saturated rings. The van der Waals surface area contributed by atoms with Gasteiger partial charge in [-0.05, 0) is 13.3 Å². The molecule has 0 saturated heterocycles. The summed E-state index contributed by atoms with van der Waals surface area (Å²) < 4.78 is 22.7. The van der Waals surface area contributed by atoms with Crippen LogP contribution >= 0.6 is 12.2 Å². The molecule has 0 spiro atoms. The van der Waals surface area contributed by atoms with Gasteiger partial charge in [0.2, 0.25) is 0 Å². The first-order valence-corrected chi connectivity index (χ1v) is 7.06. The van der Waals surface area contributed by atoms with E-state index in [9.17, 15) is 8.42 Å². The summed E-state index contributed by atoms with van der Waals surface area (Å²) in [4.78, 5) is 7.05. The van der Waals surface area contributed by atoms with E-state index in [0.717, 1.165) is 17.7 Å². The van der Waals surface area contributed by atoms with Gasteiger partial charge in [0.1, 0.15) is 16.2 Å². The maximum absolute atomic E-state index is 11.1. The van der Waals surface area contributed by atoms with Crippen LogP contribution in [0.1, 0.15) is 24.0 Å². The van der Waals surface area contributed by atoms with E-state index < -0.39 is 9.84 Å². The summed E-state index contributed by atoms with van der Waals surface area (Å²) in [7, 11) is -3.07. The van der Waals surface area contributed by atoms with E-state index in [-0.39, 0.29) is 5.75 Å². The minimum absolute atomic E-state index is 0.0933. The third-order valence-corrected chi connectivity index (χ3v) is 3.25. The maximum atomic E-state index is 11.1. The second kappa shape index (κ2) is 4.40. The topological polar surface area (TPSA) is 62.8 Å². The number of sulfone groups is 1. The average Bonchev–Trinajstić information content (AvgIpc) is 2.08. The molecule has 6 heteroatoms. The van der Waals surface area contributed by atoms with Gasteiger partial charge in [-0.25, -0.2) is 13.4 Å². The Bertz CT molecular complexity index is 517. The van der Waals surface area contributed by atoms with Gasteiger partial charge in [0.25, 0.3) is 0 Å². The molecule has 84 valence electrons. The van der Waals surface area contributed by atoms with E-state index in [4.69, 9.17) is 12.2 Å². The van der Waals surface area contributed by atoms with Crippen LogP contribution in [0.3, 0.4) is 0 Å². The lowest BCUT2D eigenvalue weighted by Crippen LogP contribution is -2.08. The number of H-pyrrole nitrogens is 1. The van der Waals surface area contributed by atoms with E-state index in [1.807, 2.05) is 13.8 Å². The van der Waals surface area contributed by atoms with Crippen molar-refractivity contribution in [2.45, 2.75) is 26.0 Å². The molecule has 1 N–H and O–H groups in total. The predicted molar refractivity (Wildman–Crippen MR) is 62.1 cm³/mol. The van der Waals surface area contributed by atoms with Gasteiger partial charge in [-0.1, -0.05) is 19.1 Å². The molecule has 1 heterocycles. The highest BCUT2D eigenvalue weighted by Gasteiger charge is 2.09. The summed E-state index contributed by atoms with van der Waals surface area (Å²) in [5.74, 6) is 0.328. The molecule has 0 atom stereocenters. The SMILES string of the molecule is CCc1[nH]c(CS(C)(=O)=O)nc(=S)c1C. The second-order valence-corrected chi connectivity index (χ2v) is 6.04. The van der Waals surface area contributed by atoms with E-state index >= 15 is 0 Å². The van der Waals surface area contributed by atoms with E-state index in [1.54, 1.807) is 0 Å². The first-order valence-electron chi connectivity index (χ1n) is 4.60. The van der Waals surface area contributed by atoms with Crippen molar-refractivity contribution in [1.82, 2.24) is 9.97 Å². The molecule has 4 nitrogen and oxygen atoms in total. The van der Waals surface area contributed by atoms with E-state index in [1.165, 1.54) is 6.26 Å². The highest BCUT2D eigenvalue weighted by molar-refractivity contribution is 7.89. The van der Waals surface area contributed by atoms with Crippen LogP contribution in [0.2, 0.25) is 0 Å². The summed E-state index contributed by atoms with van der Waals surface area (Å²) in [6.07, 6.45) is 1.96. The van der Waals surface area contributed by atoms with Crippen LogP contribution in [0, 0.1) is 11.6 Å². The highest BCUT2D eigenvalue weighted by atomic mass is 32.2.